The molecule has 0 fully saturated rings. The van der Waals surface area contributed by atoms with Gasteiger partial charge in [0.1, 0.15) is 5.75 Å². The van der Waals surface area contributed by atoms with Crippen LogP contribution in [0.2, 0.25) is 0 Å². The molecule has 0 radical (unpaired) electrons. The molecule has 3 N–H and O–H groups in total. The summed E-state index contributed by atoms with van der Waals surface area (Å²) in [6.07, 6.45) is 2.39. The fourth-order valence-corrected chi connectivity index (χ4v) is 3.66. The summed E-state index contributed by atoms with van der Waals surface area (Å²) in [4.78, 5) is 12.6. The van der Waals surface area contributed by atoms with Gasteiger partial charge < -0.3 is 10.1 Å². The third-order valence-electron chi connectivity index (χ3n) is 4.13. The molecular formula is C22H27N3O4S2. The number of ether oxygens (including phenoxy) is 1. The number of hydrogen-bond acceptors (Lipinski definition) is 5. The minimum absolute atomic E-state index is 0.0940. The normalized spacial score (nSPS) is 11.1. The molecule has 0 spiro atoms. The maximum atomic E-state index is 12.5. The molecule has 1 amide bonds. The lowest BCUT2D eigenvalue weighted by Gasteiger charge is -2.12. The maximum Gasteiger partial charge on any atom is 0.257 e. The summed E-state index contributed by atoms with van der Waals surface area (Å²) in [6.45, 7) is 8.44. The number of benzene rings is 2. The molecule has 2 aromatic carbocycles. The van der Waals surface area contributed by atoms with E-state index in [0.717, 1.165) is 6.42 Å². The number of anilines is 1. The predicted octanol–water partition coefficient (Wildman–Crippen LogP) is 3.70. The minimum atomic E-state index is -3.60. The van der Waals surface area contributed by atoms with E-state index in [1.165, 1.54) is 18.2 Å². The van der Waals surface area contributed by atoms with Crippen molar-refractivity contribution in [3.63, 3.8) is 0 Å². The lowest BCUT2D eigenvalue weighted by molar-refractivity contribution is 0.0977. The smallest absolute Gasteiger partial charge is 0.257 e. The number of amides is 1. The number of thiocarbonyl (C=S) groups is 1. The third-order valence-corrected chi connectivity index (χ3v) is 5.77. The van der Waals surface area contributed by atoms with Crippen molar-refractivity contribution in [2.45, 2.75) is 25.2 Å². The second kappa shape index (κ2) is 11.6. The summed E-state index contributed by atoms with van der Waals surface area (Å²) < 4.78 is 32.2. The van der Waals surface area contributed by atoms with Gasteiger partial charge in [0, 0.05) is 17.8 Å². The Balaban J connectivity index is 1.93. The van der Waals surface area contributed by atoms with Gasteiger partial charge in [-0.25, -0.2) is 13.1 Å². The molecule has 0 atom stereocenters. The molecule has 2 rings (SSSR count). The molecule has 2 aromatic rings. The first-order valence-electron chi connectivity index (χ1n) is 9.77. The van der Waals surface area contributed by atoms with E-state index < -0.39 is 10.0 Å². The number of carbonyl (C=O) groups is 1. The van der Waals surface area contributed by atoms with E-state index in [1.54, 1.807) is 36.4 Å². The van der Waals surface area contributed by atoms with Crippen LogP contribution in [-0.2, 0) is 10.0 Å². The lowest BCUT2D eigenvalue weighted by Crippen LogP contribution is -2.34. The van der Waals surface area contributed by atoms with Gasteiger partial charge in [0.25, 0.3) is 5.91 Å². The van der Waals surface area contributed by atoms with Gasteiger partial charge in [-0.2, -0.15) is 0 Å². The quantitative estimate of drug-likeness (QED) is 0.369. The molecule has 0 unspecified atom stereocenters. The third kappa shape index (κ3) is 8.12. The van der Waals surface area contributed by atoms with Gasteiger partial charge in [0.05, 0.1) is 11.5 Å². The van der Waals surface area contributed by atoms with Gasteiger partial charge in [-0.15, -0.1) is 6.58 Å². The molecule has 0 aliphatic carbocycles. The van der Waals surface area contributed by atoms with Crippen LogP contribution in [0.4, 0.5) is 5.69 Å². The zero-order chi connectivity index (χ0) is 22.9. The van der Waals surface area contributed by atoms with E-state index in [2.05, 4.69) is 35.8 Å². The van der Waals surface area contributed by atoms with Crippen molar-refractivity contribution in [2.75, 3.05) is 18.5 Å². The highest BCUT2D eigenvalue weighted by atomic mass is 32.2. The maximum absolute atomic E-state index is 12.5. The molecule has 9 heteroatoms. The Kier molecular flexibility index (Phi) is 9.17. The van der Waals surface area contributed by atoms with E-state index in [-0.39, 0.29) is 22.5 Å². The van der Waals surface area contributed by atoms with Crippen LogP contribution >= 0.6 is 12.2 Å². The van der Waals surface area contributed by atoms with Gasteiger partial charge in [-0.3, -0.25) is 10.1 Å². The Labute approximate surface area is 188 Å². The Morgan fingerprint density at radius 3 is 2.55 bits per heavy atom. The monoisotopic (exact) mass is 461 g/mol. The zero-order valence-corrected chi connectivity index (χ0v) is 19.2. The van der Waals surface area contributed by atoms with Gasteiger partial charge in [0.2, 0.25) is 10.0 Å². The molecule has 0 saturated carbocycles. The number of rotatable bonds is 10. The summed E-state index contributed by atoms with van der Waals surface area (Å²) in [5, 5.41) is 5.56. The fraction of sp³-hybridized carbons (Fsp3) is 0.273. The van der Waals surface area contributed by atoms with Crippen molar-refractivity contribution in [3.8, 4) is 5.75 Å². The first kappa shape index (κ1) is 24.5. The average molecular weight is 462 g/mol. The van der Waals surface area contributed by atoms with Crippen LogP contribution in [0, 0.1) is 5.92 Å². The van der Waals surface area contributed by atoms with E-state index in [4.69, 9.17) is 17.0 Å². The van der Waals surface area contributed by atoms with Crippen LogP contribution in [0.25, 0.3) is 0 Å². The molecular weight excluding hydrogens is 434 g/mol. The fourth-order valence-electron chi connectivity index (χ4n) is 2.45. The molecule has 166 valence electrons. The SMILES string of the molecule is C=CCNS(=O)(=O)c1ccc(NC(=S)NC(=O)c2cccc(OCCC(C)C)c2)cc1. The van der Waals surface area contributed by atoms with Crippen LogP contribution in [0.3, 0.4) is 0 Å². The van der Waals surface area contributed by atoms with Gasteiger partial charge in [-0.1, -0.05) is 26.0 Å². The molecule has 0 bridgehead atoms. The van der Waals surface area contributed by atoms with Gasteiger partial charge >= 0.3 is 0 Å². The van der Waals surface area contributed by atoms with Crippen LogP contribution in [0.15, 0.2) is 66.1 Å². The van der Waals surface area contributed by atoms with E-state index in [9.17, 15) is 13.2 Å². The number of sulfonamides is 1. The van der Waals surface area contributed by atoms with Crippen molar-refractivity contribution in [3.05, 3.63) is 66.7 Å². The molecule has 0 heterocycles. The molecule has 0 aromatic heterocycles. The van der Waals surface area contributed by atoms with Crippen LogP contribution in [-0.4, -0.2) is 32.6 Å². The summed E-state index contributed by atoms with van der Waals surface area (Å²) >= 11 is 5.19. The second-order valence-electron chi connectivity index (χ2n) is 7.13. The molecule has 31 heavy (non-hydrogen) atoms. The Hall–Kier alpha value is -2.75. The first-order chi connectivity index (χ1) is 14.7. The number of nitrogens with one attached hydrogen (secondary N) is 3. The summed E-state index contributed by atoms with van der Waals surface area (Å²) in [6, 6.07) is 12.9. The van der Waals surface area contributed by atoms with Crippen molar-refractivity contribution in [1.82, 2.24) is 10.0 Å². The minimum Gasteiger partial charge on any atom is -0.494 e. The number of hydrogen-bond donors (Lipinski definition) is 3. The van der Waals surface area contributed by atoms with E-state index >= 15 is 0 Å². The van der Waals surface area contributed by atoms with Crippen molar-refractivity contribution in [1.29, 1.82) is 0 Å². The summed E-state index contributed by atoms with van der Waals surface area (Å²) in [7, 11) is -3.60. The molecule has 0 aliphatic rings. The summed E-state index contributed by atoms with van der Waals surface area (Å²) in [5.74, 6) is 0.779. The second-order valence-corrected chi connectivity index (χ2v) is 9.31. The highest BCUT2D eigenvalue weighted by Crippen LogP contribution is 2.16. The van der Waals surface area contributed by atoms with Crippen molar-refractivity contribution in [2.24, 2.45) is 5.92 Å². The van der Waals surface area contributed by atoms with Crippen molar-refractivity contribution < 1.29 is 17.9 Å². The molecule has 0 saturated heterocycles. The lowest BCUT2D eigenvalue weighted by atomic mass is 10.1. The summed E-state index contributed by atoms with van der Waals surface area (Å²) in [5.41, 5.74) is 0.958. The zero-order valence-electron chi connectivity index (χ0n) is 17.6. The van der Waals surface area contributed by atoms with Crippen LogP contribution in [0.5, 0.6) is 5.75 Å². The van der Waals surface area contributed by atoms with Crippen LogP contribution in [0.1, 0.15) is 30.6 Å². The number of carbonyl (C=O) groups excluding carboxylic acids is 1. The Morgan fingerprint density at radius 2 is 1.90 bits per heavy atom. The van der Waals surface area contributed by atoms with Gasteiger partial charge in [0.15, 0.2) is 5.11 Å². The van der Waals surface area contributed by atoms with E-state index in [0.29, 0.717) is 29.5 Å². The average Bonchev–Trinajstić information content (AvgIpc) is 2.72. The largest absolute Gasteiger partial charge is 0.494 e. The molecule has 0 aliphatic heterocycles. The highest BCUT2D eigenvalue weighted by molar-refractivity contribution is 7.89. The topological polar surface area (TPSA) is 96.5 Å². The Bertz CT molecular complexity index is 1020. The van der Waals surface area contributed by atoms with Crippen LogP contribution < -0.4 is 20.1 Å². The van der Waals surface area contributed by atoms with Gasteiger partial charge in [-0.05, 0) is 67.0 Å². The van der Waals surface area contributed by atoms with Crippen molar-refractivity contribution >= 4 is 38.9 Å². The standard InChI is InChI=1S/C22H27N3O4S2/c1-4-13-23-31(27,28)20-10-8-18(9-11-20)24-22(30)25-21(26)17-6-5-7-19(15-17)29-14-12-16(2)3/h4-11,15-16,23H,1,12-14H2,2-3H3,(H2,24,25,26,30). The molecule has 7 nitrogen and oxygen atoms in total. The first-order valence-corrected chi connectivity index (χ1v) is 11.7. The highest BCUT2D eigenvalue weighted by Gasteiger charge is 2.13. The van der Waals surface area contributed by atoms with E-state index in [1.807, 2.05) is 0 Å². The Morgan fingerprint density at radius 1 is 1.19 bits per heavy atom. The predicted molar refractivity (Wildman–Crippen MR) is 127 cm³/mol.